The summed E-state index contributed by atoms with van der Waals surface area (Å²) in [5.41, 5.74) is 19.9. The molecule has 2 aromatic heterocycles. The Bertz CT molecular complexity index is 4150. The molecule has 0 aliphatic carbocycles. The number of hydrogen-bond donors (Lipinski definition) is 0. The van der Waals surface area contributed by atoms with E-state index in [2.05, 4.69) is 256 Å². The van der Waals surface area contributed by atoms with Crippen LogP contribution in [0.5, 0.6) is 0 Å². The highest BCUT2D eigenvalue weighted by molar-refractivity contribution is 7.01. The van der Waals surface area contributed by atoms with Gasteiger partial charge in [0, 0.05) is 72.7 Å². The molecule has 6 heteroatoms. The monoisotopic (exact) mass is 929 g/mol. The molecule has 0 saturated carbocycles. The van der Waals surface area contributed by atoms with Gasteiger partial charge in [-0.05, 0) is 152 Å². The van der Waals surface area contributed by atoms with E-state index in [4.69, 9.17) is 8.83 Å². The fourth-order valence-electron chi connectivity index (χ4n) is 11.8. The number of furan rings is 2. The molecule has 0 saturated heterocycles. The molecular weight excluding hydrogens is 878 g/mol. The van der Waals surface area contributed by atoms with Gasteiger partial charge in [0.05, 0.1) is 0 Å². The summed E-state index contributed by atoms with van der Waals surface area (Å²) in [4.78, 5) is 7.43. The van der Waals surface area contributed by atoms with Crippen LogP contribution in [0.25, 0.3) is 54.6 Å². The van der Waals surface area contributed by atoms with E-state index in [1.165, 1.54) is 44.0 Å². The van der Waals surface area contributed by atoms with Crippen molar-refractivity contribution in [3.8, 4) is 0 Å². The van der Waals surface area contributed by atoms with Gasteiger partial charge in [0.2, 0.25) is 0 Å². The zero-order valence-electron chi connectivity index (χ0n) is 41.4. The number of anilines is 9. The van der Waals surface area contributed by atoms with Gasteiger partial charge in [0.25, 0.3) is 6.71 Å². The van der Waals surface area contributed by atoms with E-state index in [0.29, 0.717) is 0 Å². The Morgan fingerprint density at radius 1 is 0.375 bits per heavy atom. The molecular formula is C66H52BN3O2. The molecule has 0 N–H and O–H groups in total. The number of rotatable bonds is 5. The van der Waals surface area contributed by atoms with Gasteiger partial charge in [-0.2, -0.15) is 0 Å². The van der Waals surface area contributed by atoms with E-state index in [0.717, 1.165) is 89.4 Å². The quantitative estimate of drug-likeness (QED) is 0.161. The van der Waals surface area contributed by atoms with Crippen LogP contribution in [-0.4, -0.2) is 6.71 Å². The van der Waals surface area contributed by atoms with Crippen LogP contribution < -0.4 is 31.1 Å². The first-order chi connectivity index (χ1) is 35.0. The van der Waals surface area contributed by atoms with E-state index in [1.807, 2.05) is 6.07 Å². The Hall–Kier alpha value is -8.48. The summed E-state index contributed by atoms with van der Waals surface area (Å²) in [6.45, 7) is 13.6. The van der Waals surface area contributed by atoms with Crippen LogP contribution in [0.2, 0.25) is 0 Å². The van der Waals surface area contributed by atoms with Crippen molar-refractivity contribution in [1.82, 2.24) is 0 Å². The maximum absolute atomic E-state index is 6.75. The van der Waals surface area contributed by atoms with E-state index in [1.54, 1.807) is 0 Å². The van der Waals surface area contributed by atoms with Gasteiger partial charge in [-0.3, -0.25) is 0 Å². The van der Waals surface area contributed by atoms with Crippen LogP contribution in [0.15, 0.2) is 215 Å². The van der Waals surface area contributed by atoms with Crippen molar-refractivity contribution >= 4 is 129 Å². The highest BCUT2D eigenvalue weighted by atomic mass is 16.3. The zero-order chi connectivity index (χ0) is 48.6. The summed E-state index contributed by atoms with van der Waals surface area (Å²) < 4.78 is 13.1. The highest BCUT2D eigenvalue weighted by Crippen LogP contribution is 2.48. The first kappa shape index (κ1) is 42.4. The Morgan fingerprint density at radius 3 is 1.58 bits per heavy atom. The lowest BCUT2D eigenvalue weighted by molar-refractivity contribution is 0.590. The molecule has 2 aliphatic heterocycles. The smallest absolute Gasteiger partial charge is 0.253 e. The molecule has 2 aliphatic rings. The summed E-state index contributed by atoms with van der Waals surface area (Å²) in [6.07, 6.45) is 0. The Labute approximate surface area is 420 Å². The molecule has 0 amide bonds. The number of para-hydroxylation sites is 2. The van der Waals surface area contributed by atoms with Crippen LogP contribution in [0, 0.1) is 0 Å². The first-order valence-electron chi connectivity index (χ1n) is 25.2. The topological polar surface area (TPSA) is 36.0 Å². The fraction of sp³-hybridized carbons (Fsp3) is 0.121. The van der Waals surface area contributed by atoms with Crippen molar-refractivity contribution in [1.29, 1.82) is 0 Å². The van der Waals surface area contributed by atoms with Crippen LogP contribution in [-0.2, 0) is 10.8 Å². The first-order valence-corrected chi connectivity index (χ1v) is 25.2. The zero-order valence-corrected chi connectivity index (χ0v) is 41.4. The van der Waals surface area contributed by atoms with Crippen molar-refractivity contribution in [2.75, 3.05) is 14.7 Å². The summed E-state index contributed by atoms with van der Waals surface area (Å²) in [7, 11) is 0. The SMILES string of the molecule is CC(C)(C)c1ccc(N2c3cc(N(c4ccc5ccccc5c4)c4ccc5oc6ccccc6c5c4)ccc3B3c4c2cccc4N(c2ccc(C(C)(C)C)cc2)c2ccc4oc5ccccc5c4c23)cc1. The van der Waals surface area contributed by atoms with Gasteiger partial charge in [-0.15, -0.1) is 0 Å². The second-order valence-corrected chi connectivity index (χ2v) is 21.8. The standard InChI is InChI=1S/C66H52BN3O2/c1-65(2,3)43-23-28-45(29-24-43)69-54-18-13-19-55-63(54)67(64-56(69)35-37-61-62(64)51-17-10-12-21-59(51)72-61)53-34-32-49(40-57(53)70(55)46-30-25-44(26-31-46)66(4,5)6)68(47-27-22-41-14-7-8-15-42(41)38-47)48-33-36-60-52(39-48)50-16-9-11-20-58(50)71-60/h7-40H,1-6H3. The second kappa shape index (κ2) is 15.5. The van der Waals surface area contributed by atoms with Crippen molar-refractivity contribution in [3.05, 3.63) is 217 Å². The largest absolute Gasteiger partial charge is 0.456 e. The van der Waals surface area contributed by atoms with E-state index in [-0.39, 0.29) is 17.5 Å². The van der Waals surface area contributed by atoms with E-state index >= 15 is 0 Å². The number of fused-ring (bicyclic) bond motifs is 12. The molecule has 0 fully saturated rings. The fourth-order valence-corrected chi connectivity index (χ4v) is 11.8. The molecule has 72 heavy (non-hydrogen) atoms. The third-order valence-electron chi connectivity index (χ3n) is 15.3. The maximum atomic E-state index is 6.75. The molecule has 10 aromatic carbocycles. The number of nitrogens with zero attached hydrogens (tertiary/aromatic N) is 3. The van der Waals surface area contributed by atoms with E-state index in [9.17, 15) is 0 Å². The van der Waals surface area contributed by atoms with Crippen molar-refractivity contribution in [2.24, 2.45) is 0 Å². The minimum Gasteiger partial charge on any atom is -0.456 e. The number of benzene rings is 10. The minimum absolute atomic E-state index is 0.00419. The third kappa shape index (κ3) is 6.48. The van der Waals surface area contributed by atoms with Gasteiger partial charge >= 0.3 is 0 Å². The van der Waals surface area contributed by atoms with Crippen LogP contribution in [0.4, 0.5) is 51.2 Å². The highest BCUT2D eigenvalue weighted by Gasteiger charge is 2.45. The molecule has 5 nitrogen and oxygen atoms in total. The van der Waals surface area contributed by atoms with Crippen molar-refractivity contribution < 1.29 is 8.83 Å². The molecule has 14 rings (SSSR count). The number of hydrogen-bond acceptors (Lipinski definition) is 5. The summed E-state index contributed by atoms with van der Waals surface area (Å²) in [6, 6.07) is 75.9. The van der Waals surface area contributed by atoms with Gasteiger partial charge in [-0.1, -0.05) is 145 Å². The minimum atomic E-state index is -0.127. The maximum Gasteiger partial charge on any atom is 0.253 e. The Kier molecular flexibility index (Phi) is 9.14. The lowest BCUT2D eigenvalue weighted by Gasteiger charge is -2.44. The molecule has 4 heterocycles. The predicted octanol–water partition coefficient (Wildman–Crippen LogP) is 16.8. The predicted molar refractivity (Wildman–Crippen MR) is 305 cm³/mol. The van der Waals surface area contributed by atoms with Crippen molar-refractivity contribution in [3.63, 3.8) is 0 Å². The Morgan fingerprint density at radius 2 is 0.889 bits per heavy atom. The van der Waals surface area contributed by atoms with Crippen molar-refractivity contribution in [2.45, 2.75) is 52.4 Å². The average molecular weight is 930 g/mol. The molecule has 0 radical (unpaired) electrons. The Balaban J connectivity index is 1.05. The third-order valence-corrected chi connectivity index (χ3v) is 15.3. The molecule has 0 unspecified atom stereocenters. The van der Waals surface area contributed by atoms with Gasteiger partial charge in [0.15, 0.2) is 0 Å². The molecule has 12 aromatic rings. The summed E-state index contributed by atoms with van der Waals surface area (Å²) >= 11 is 0. The lowest BCUT2D eigenvalue weighted by atomic mass is 9.33. The van der Waals surface area contributed by atoms with Gasteiger partial charge < -0.3 is 23.5 Å². The molecule has 0 atom stereocenters. The molecule has 0 spiro atoms. The normalized spacial score (nSPS) is 13.3. The van der Waals surface area contributed by atoms with Crippen LogP contribution in [0.1, 0.15) is 52.7 Å². The molecule has 0 bridgehead atoms. The van der Waals surface area contributed by atoms with E-state index < -0.39 is 0 Å². The lowest BCUT2D eigenvalue weighted by Crippen LogP contribution is -2.61. The summed E-state index contributed by atoms with van der Waals surface area (Å²) in [5, 5.41) is 6.85. The van der Waals surface area contributed by atoms with Crippen LogP contribution >= 0.6 is 0 Å². The van der Waals surface area contributed by atoms with Gasteiger partial charge in [0.1, 0.15) is 22.3 Å². The molecule has 346 valence electrons. The second-order valence-electron chi connectivity index (χ2n) is 21.8. The van der Waals surface area contributed by atoms with Gasteiger partial charge in [-0.25, -0.2) is 0 Å². The average Bonchev–Trinajstić information content (AvgIpc) is 3.97. The van der Waals surface area contributed by atoms with Crippen LogP contribution in [0.3, 0.4) is 0 Å². The summed E-state index contributed by atoms with van der Waals surface area (Å²) in [5.74, 6) is 0.